The topological polar surface area (TPSA) is 44.2 Å². The Morgan fingerprint density at radius 3 is 2.52 bits per heavy atom. The minimum atomic E-state index is -4.70. The SMILES string of the molecule is COc1c([C@H]2[C@H](c3ccc4cnccc4n3)O[C@@](C)(C(F)(F)F)[C@H]2C)ccc(F)c1F. The summed E-state index contributed by atoms with van der Waals surface area (Å²) >= 11 is 0. The molecule has 4 rings (SSSR count). The van der Waals surface area contributed by atoms with Gasteiger partial charge >= 0.3 is 6.18 Å². The number of hydrogen-bond acceptors (Lipinski definition) is 4. The summed E-state index contributed by atoms with van der Waals surface area (Å²) in [5.41, 5.74) is -1.67. The van der Waals surface area contributed by atoms with E-state index in [1.807, 2.05) is 0 Å². The molecule has 0 radical (unpaired) electrons. The lowest BCUT2D eigenvalue weighted by atomic mass is 9.76. The van der Waals surface area contributed by atoms with Crippen molar-refractivity contribution in [1.29, 1.82) is 0 Å². The lowest BCUT2D eigenvalue weighted by molar-refractivity contribution is -0.275. The average molecular weight is 438 g/mol. The van der Waals surface area contributed by atoms with Crippen LogP contribution in [-0.4, -0.2) is 28.9 Å². The van der Waals surface area contributed by atoms with Crippen LogP contribution < -0.4 is 4.74 Å². The van der Waals surface area contributed by atoms with Crippen LogP contribution in [0.3, 0.4) is 0 Å². The fraction of sp³-hybridized carbons (Fsp3) is 0.364. The van der Waals surface area contributed by atoms with Gasteiger partial charge in [0.25, 0.3) is 0 Å². The maximum absolute atomic E-state index is 14.4. The van der Waals surface area contributed by atoms with Crippen LogP contribution in [0.5, 0.6) is 5.75 Å². The molecule has 0 spiro atoms. The Morgan fingerprint density at radius 2 is 1.84 bits per heavy atom. The third-order valence-corrected chi connectivity index (χ3v) is 6.11. The third-order valence-electron chi connectivity index (χ3n) is 6.11. The van der Waals surface area contributed by atoms with Gasteiger partial charge in [-0.1, -0.05) is 13.0 Å². The zero-order chi connectivity index (χ0) is 22.6. The highest BCUT2D eigenvalue weighted by molar-refractivity contribution is 5.77. The fourth-order valence-electron chi connectivity index (χ4n) is 4.21. The van der Waals surface area contributed by atoms with Crippen LogP contribution in [0.2, 0.25) is 0 Å². The Hall–Kier alpha value is -2.81. The zero-order valence-corrected chi connectivity index (χ0v) is 16.9. The van der Waals surface area contributed by atoms with Crippen LogP contribution in [0.4, 0.5) is 22.0 Å². The Balaban J connectivity index is 1.92. The average Bonchev–Trinajstić information content (AvgIpc) is 3.01. The summed E-state index contributed by atoms with van der Waals surface area (Å²) in [7, 11) is 1.14. The number of benzene rings is 1. The largest absolute Gasteiger partial charge is 0.493 e. The van der Waals surface area contributed by atoms with Gasteiger partial charge in [-0.3, -0.25) is 4.98 Å². The molecule has 0 bridgehead atoms. The van der Waals surface area contributed by atoms with Crippen LogP contribution in [0, 0.1) is 17.6 Å². The van der Waals surface area contributed by atoms with E-state index in [1.165, 1.54) is 19.2 Å². The van der Waals surface area contributed by atoms with Gasteiger partial charge in [-0.05, 0) is 31.2 Å². The molecular formula is C22H19F5N2O2. The predicted octanol–water partition coefficient (Wildman–Crippen LogP) is 5.73. The first kappa shape index (κ1) is 21.4. The molecule has 0 saturated carbocycles. The van der Waals surface area contributed by atoms with E-state index in [4.69, 9.17) is 9.47 Å². The van der Waals surface area contributed by atoms with Crippen molar-refractivity contribution in [3.8, 4) is 5.75 Å². The number of ether oxygens (including phenoxy) is 2. The summed E-state index contributed by atoms with van der Waals surface area (Å²) in [6.45, 7) is 2.34. The van der Waals surface area contributed by atoms with E-state index in [0.717, 1.165) is 20.1 Å². The minimum Gasteiger partial charge on any atom is -0.493 e. The minimum absolute atomic E-state index is 0.0866. The van der Waals surface area contributed by atoms with Crippen molar-refractivity contribution in [3.05, 3.63) is 65.6 Å². The molecule has 3 aromatic rings. The molecule has 2 aromatic heterocycles. The lowest BCUT2D eigenvalue weighted by Gasteiger charge is -2.32. The Kier molecular flexibility index (Phi) is 5.12. The Labute approximate surface area is 175 Å². The standard InChI is InChI=1S/C22H19F5N2O2/c1-11-17(13-5-6-14(23)18(24)19(13)30-3)20(31-21(11,2)22(25,26)27)16-7-4-12-10-28-9-8-15(12)29-16/h4-11,17,20H,1-3H3/t11-,17-,20-,21+/m0/s1. The molecule has 164 valence electrons. The molecule has 0 N–H and O–H groups in total. The summed E-state index contributed by atoms with van der Waals surface area (Å²) in [5, 5.41) is 0.706. The van der Waals surface area contributed by atoms with Crippen LogP contribution in [0.25, 0.3) is 10.9 Å². The van der Waals surface area contributed by atoms with Crippen LogP contribution in [-0.2, 0) is 4.74 Å². The first-order valence-corrected chi connectivity index (χ1v) is 9.55. The van der Waals surface area contributed by atoms with Gasteiger partial charge in [-0.25, -0.2) is 9.37 Å². The molecule has 1 saturated heterocycles. The monoisotopic (exact) mass is 438 g/mol. The van der Waals surface area contributed by atoms with Gasteiger partial charge in [0.2, 0.25) is 5.82 Å². The molecule has 3 heterocycles. The number of fused-ring (bicyclic) bond motifs is 1. The predicted molar refractivity (Wildman–Crippen MR) is 103 cm³/mol. The Morgan fingerprint density at radius 1 is 1.10 bits per heavy atom. The highest BCUT2D eigenvalue weighted by Crippen LogP contribution is 2.59. The molecule has 4 nitrogen and oxygen atoms in total. The molecule has 1 fully saturated rings. The van der Waals surface area contributed by atoms with Gasteiger partial charge in [0.15, 0.2) is 17.2 Å². The zero-order valence-electron chi connectivity index (χ0n) is 16.9. The second kappa shape index (κ2) is 7.40. The van der Waals surface area contributed by atoms with Crippen molar-refractivity contribution in [1.82, 2.24) is 9.97 Å². The lowest BCUT2D eigenvalue weighted by Crippen LogP contribution is -2.46. The normalized spacial score (nSPS) is 26.4. The summed E-state index contributed by atoms with van der Waals surface area (Å²) in [6.07, 6.45) is -2.77. The molecule has 4 atom stereocenters. The number of pyridine rings is 2. The molecule has 1 aliphatic rings. The second-order valence-corrected chi connectivity index (χ2v) is 7.75. The number of rotatable bonds is 3. The maximum atomic E-state index is 14.4. The van der Waals surface area contributed by atoms with Crippen LogP contribution in [0.15, 0.2) is 42.7 Å². The van der Waals surface area contributed by atoms with Gasteiger partial charge in [-0.2, -0.15) is 17.6 Å². The summed E-state index contributed by atoms with van der Waals surface area (Å²) in [4.78, 5) is 8.47. The van der Waals surface area contributed by atoms with E-state index in [9.17, 15) is 22.0 Å². The van der Waals surface area contributed by atoms with Crippen LogP contribution >= 0.6 is 0 Å². The summed E-state index contributed by atoms with van der Waals surface area (Å²) in [5.74, 6) is -5.00. The highest BCUT2D eigenvalue weighted by Gasteiger charge is 2.65. The summed E-state index contributed by atoms with van der Waals surface area (Å²) < 4.78 is 81.0. The molecule has 0 aliphatic carbocycles. The van der Waals surface area contributed by atoms with E-state index in [-0.39, 0.29) is 11.3 Å². The number of nitrogens with zero attached hydrogens (tertiary/aromatic N) is 2. The van der Waals surface area contributed by atoms with E-state index < -0.39 is 47.1 Å². The Bertz CT molecular complexity index is 1140. The molecule has 1 aromatic carbocycles. The molecule has 31 heavy (non-hydrogen) atoms. The number of aromatic nitrogens is 2. The molecule has 0 unspecified atom stereocenters. The second-order valence-electron chi connectivity index (χ2n) is 7.75. The van der Waals surface area contributed by atoms with Crippen molar-refractivity contribution in [2.24, 2.45) is 5.92 Å². The first-order valence-electron chi connectivity index (χ1n) is 9.55. The van der Waals surface area contributed by atoms with E-state index in [1.54, 1.807) is 24.4 Å². The van der Waals surface area contributed by atoms with Crippen LogP contribution in [0.1, 0.15) is 37.1 Å². The van der Waals surface area contributed by atoms with Crippen molar-refractivity contribution in [2.75, 3.05) is 7.11 Å². The van der Waals surface area contributed by atoms with Gasteiger partial charge < -0.3 is 9.47 Å². The smallest absolute Gasteiger partial charge is 0.417 e. The number of halogens is 5. The molecule has 9 heteroatoms. The number of alkyl halides is 3. The van der Waals surface area contributed by atoms with Gasteiger partial charge in [0, 0.05) is 35.2 Å². The van der Waals surface area contributed by atoms with E-state index >= 15 is 0 Å². The maximum Gasteiger partial charge on any atom is 0.417 e. The molecule has 0 amide bonds. The van der Waals surface area contributed by atoms with Crippen molar-refractivity contribution < 1.29 is 31.4 Å². The number of methoxy groups -OCH3 is 1. The van der Waals surface area contributed by atoms with Crippen molar-refractivity contribution in [2.45, 2.75) is 37.6 Å². The van der Waals surface area contributed by atoms with Crippen molar-refractivity contribution >= 4 is 10.9 Å². The fourth-order valence-corrected chi connectivity index (χ4v) is 4.21. The molecular weight excluding hydrogens is 419 g/mol. The van der Waals surface area contributed by atoms with Gasteiger partial charge in [-0.15, -0.1) is 0 Å². The van der Waals surface area contributed by atoms with Gasteiger partial charge in [0.1, 0.15) is 6.10 Å². The van der Waals surface area contributed by atoms with Crippen molar-refractivity contribution in [3.63, 3.8) is 0 Å². The quantitative estimate of drug-likeness (QED) is 0.490. The van der Waals surface area contributed by atoms with E-state index in [2.05, 4.69) is 9.97 Å². The van der Waals surface area contributed by atoms with Gasteiger partial charge in [0.05, 0.1) is 18.3 Å². The first-order chi connectivity index (χ1) is 14.6. The number of hydrogen-bond donors (Lipinski definition) is 0. The third kappa shape index (κ3) is 3.31. The highest BCUT2D eigenvalue weighted by atomic mass is 19.4. The molecule has 1 aliphatic heterocycles. The summed E-state index contributed by atoms with van der Waals surface area (Å²) in [6, 6.07) is 6.99. The van der Waals surface area contributed by atoms with E-state index in [0.29, 0.717) is 10.9 Å².